The van der Waals surface area contributed by atoms with Crippen molar-refractivity contribution in [1.29, 1.82) is 0 Å². The monoisotopic (exact) mass is 235 g/mol. The van der Waals surface area contributed by atoms with Crippen LogP contribution in [0.4, 0.5) is 19.0 Å². The Kier molecular flexibility index (Phi) is 4.48. The van der Waals surface area contributed by atoms with Crippen molar-refractivity contribution in [2.45, 2.75) is 25.6 Å². The van der Waals surface area contributed by atoms with Gasteiger partial charge >= 0.3 is 6.18 Å². The lowest BCUT2D eigenvalue weighted by atomic mass is 10.3. The van der Waals surface area contributed by atoms with E-state index in [1.54, 1.807) is 0 Å². The maximum Gasteiger partial charge on any atom is 0.389 e. The number of nitrogens with two attached hydrogens (primary N) is 1. The number of anilines is 1. The Morgan fingerprint density at radius 3 is 2.56 bits per heavy atom. The Morgan fingerprint density at radius 2 is 2.00 bits per heavy atom. The third-order valence-corrected chi connectivity index (χ3v) is 1.72. The molecule has 7 heteroatoms. The van der Waals surface area contributed by atoms with E-state index in [0.29, 0.717) is 11.5 Å². The molecule has 0 unspecified atom stereocenters. The van der Waals surface area contributed by atoms with Crippen molar-refractivity contribution in [3.63, 3.8) is 0 Å². The first-order chi connectivity index (χ1) is 7.47. The van der Waals surface area contributed by atoms with Crippen LogP contribution in [0.5, 0.6) is 0 Å². The van der Waals surface area contributed by atoms with Gasteiger partial charge in [0.1, 0.15) is 5.82 Å². The van der Waals surface area contributed by atoms with Gasteiger partial charge in [0.15, 0.2) is 0 Å². The van der Waals surface area contributed by atoms with E-state index in [2.05, 4.69) is 9.97 Å². The Hall–Kier alpha value is -1.37. The Labute approximate surface area is 90.6 Å². The van der Waals surface area contributed by atoms with E-state index in [-0.39, 0.29) is 19.6 Å². The molecule has 0 amide bonds. The molecule has 4 nitrogen and oxygen atoms in total. The van der Waals surface area contributed by atoms with Crippen LogP contribution in [0, 0.1) is 0 Å². The molecule has 0 fully saturated rings. The lowest BCUT2D eigenvalue weighted by Gasteiger charge is -2.06. The molecule has 0 saturated heterocycles. The van der Waals surface area contributed by atoms with Crippen molar-refractivity contribution in [3.05, 3.63) is 18.1 Å². The minimum atomic E-state index is -4.12. The number of hydrogen-bond acceptors (Lipinski definition) is 4. The zero-order chi connectivity index (χ0) is 12.0. The van der Waals surface area contributed by atoms with Crippen LogP contribution in [-0.2, 0) is 11.3 Å². The SMILES string of the molecule is Nc1cnc(COCCCC(F)(F)F)cn1. The number of alkyl halides is 3. The molecule has 1 aromatic heterocycles. The van der Waals surface area contributed by atoms with Crippen molar-refractivity contribution in [3.8, 4) is 0 Å². The summed E-state index contributed by atoms with van der Waals surface area (Å²) in [6, 6.07) is 0. The molecule has 90 valence electrons. The van der Waals surface area contributed by atoms with Crippen molar-refractivity contribution in [1.82, 2.24) is 9.97 Å². The number of rotatable bonds is 5. The van der Waals surface area contributed by atoms with Crippen LogP contribution in [0.1, 0.15) is 18.5 Å². The van der Waals surface area contributed by atoms with Crippen LogP contribution < -0.4 is 5.73 Å². The summed E-state index contributed by atoms with van der Waals surface area (Å²) in [5, 5.41) is 0. The van der Waals surface area contributed by atoms with Crippen molar-refractivity contribution in [2.24, 2.45) is 0 Å². The summed E-state index contributed by atoms with van der Waals surface area (Å²) in [5.74, 6) is 0.292. The summed E-state index contributed by atoms with van der Waals surface area (Å²) in [4.78, 5) is 7.66. The molecule has 0 saturated carbocycles. The van der Waals surface area contributed by atoms with Gasteiger partial charge in [0.2, 0.25) is 0 Å². The van der Waals surface area contributed by atoms with Crippen LogP contribution in [0.15, 0.2) is 12.4 Å². The van der Waals surface area contributed by atoms with Crippen LogP contribution in [0.25, 0.3) is 0 Å². The zero-order valence-electron chi connectivity index (χ0n) is 8.50. The maximum absolute atomic E-state index is 11.8. The third kappa shape index (κ3) is 5.50. The van der Waals surface area contributed by atoms with Gasteiger partial charge in [0, 0.05) is 13.0 Å². The van der Waals surface area contributed by atoms with E-state index in [0.717, 1.165) is 0 Å². The fraction of sp³-hybridized carbons (Fsp3) is 0.556. The summed E-state index contributed by atoms with van der Waals surface area (Å²) >= 11 is 0. The topological polar surface area (TPSA) is 61.0 Å². The highest BCUT2D eigenvalue weighted by Gasteiger charge is 2.25. The molecule has 0 aliphatic carbocycles. The Balaban J connectivity index is 2.14. The highest BCUT2D eigenvalue weighted by atomic mass is 19.4. The van der Waals surface area contributed by atoms with Gasteiger partial charge in [0.25, 0.3) is 0 Å². The van der Waals surface area contributed by atoms with Gasteiger partial charge in [-0.1, -0.05) is 0 Å². The quantitative estimate of drug-likeness (QED) is 0.792. The fourth-order valence-corrected chi connectivity index (χ4v) is 0.991. The highest BCUT2D eigenvalue weighted by Crippen LogP contribution is 2.21. The molecule has 0 aromatic carbocycles. The Morgan fingerprint density at radius 1 is 1.25 bits per heavy atom. The van der Waals surface area contributed by atoms with E-state index in [4.69, 9.17) is 10.5 Å². The summed E-state index contributed by atoms with van der Waals surface area (Å²) < 4.78 is 40.3. The minimum absolute atomic E-state index is 0.0472. The standard InChI is InChI=1S/C9H12F3N3O/c10-9(11,12)2-1-3-16-6-7-4-15-8(13)5-14-7/h4-5H,1-3,6H2,(H2,13,15). The molecule has 1 heterocycles. The largest absolute Gasteiger partial charge is 0.389 e. The van der Waals surface area contributed by atoms with Crippen LogP contribution in [-0.4, -0.2) is 22.8 Å². The maximum atomic E-state index is 11.8. The van der Waals surface area contributed by atoms with E-state index in [1.165, 1.54) is 12.4 Å². The summed E-state index contributed by atoms with van der Waals surface area (Å²) in [7, 11) is 0. The molecule has 0 atom stereocenters. The number of aromatic nitrogens is 2. The second-order valence-electron chi connectivity index (χ2n) is 3.20. The summed E-state index contributed by atoms with van der Waals surface area (Å²) in [6.07, 6.45) is -2.20. The van der Waals surface area contributed by atoms with Crippen molar-refractivity contribution >= 4 is 5.82 Å². The molecule has 0 aliphatic rings. The predicted molar refractivity (Wildman–Crippen MR) is 51.4 cm³/mol. The molecule has 0 spiro atoms. The molecule has 2 N–H and O–H groups in total. The first kappa shape index (κ1) is 12.7. The molecule has 1 rings (SSSR count). The summed E-state index contributed by atoms with van der Waals surface area (Å²) in [5.41, 5.74) is 5.85. The second kappa shape index (κ2) is 5.64. The predicted octanol–water partition coefficient (Wildman–Crippen LogP) is 1.92. The van der Waals surface area contributed by atoms with Gasteiger partial charge < -0.3 is 10.5 Å². The van der Waals surface area contributed by atoms with Crippen molar-refractivity contribution in [2.75, 3.05) is 12.3 Å². The number of hydrogen-bond donors (Lipinski definition) is 1. The van der Waals surface area contributed by atoms with E-state index in [1.807, 2.05) is 0 Å². The average Bonchev–Trinajstić information content (AvgIpc) is 2.19. The van der Waals surface area contributed by atoms with Gasteiger partial charge in [-0.3, -0.25) is 4.98 Å². The fourth-order valence-electron chi connectivity index (χ4n) is 0.991. The Bertz CT molecular complexity index is 313. The van der Waals surface area contributed by atoms with Crippen LogP contribution in [0.3, 0.4) is 0 Å². The zero-order valence-corrected chi connectivity index (χ0v) is 8.50. The third-order valence-electron chi connectivity index (χ3n) is 1.72. The van der Waals surface area contributed by atoms with Crippen LogP contribution >= 0.6 is 0 Å². The normalized spacial score (nSPS) is 11.7. The van der Waals surface area contributed by atoms with E-state index >= 15 is 0 Å². The molecular formula is C9H12F3N3O. The first-order valence-corrected chi connectivity index (χ1v) is 4.68. The van der Waals surface area contributed by atoms with Gasteiger partial charge in [-0.05, 0) is 6.42 Å². The lowest BCUT2D eigenvalue weighted by molar-refractivity contribution is -0.138. The van der Waals surface area contributed by atoms with E-state index < -0.39 is 12.6 Å². The van der Waals surface area contributed by atoms with E-state index in [9.17, 15) is 13.2 Å². The second-order valence-corrected chi connectivity index (χ2v) is 3.20. The van der Waals surface area contributed by atoms with Gasteiger partial charge in [-0.25, -0.2) is 4.98 Å². The first-order valence-electron chi connectivity index (χ1n) is 4.68. The average molecular weight is 235 g/mol. The lowest BCUT2D eigenvalue weighted by Crippen LogP contribution is -2.09. The molecule has 0 radical (unpaired) electrons. The smallest absolute Gasteiger partial charge is 0.382 e. The molecular weight excluding hydrogens is 223 g/mol. The van der Waals surface area contributed by atoms with Gasteiger partial charge in [0.05, 0.1) is 24.7 Å². The highest BCUT2D eigenvalue weighted by molar-refractivity contribution is 5.22. The number of nitrogen functional groups attached to an aromatic ring is 1. The van der Waals surface area contributed by atoms with Gasteiger partial charge in [-0.15, -0.1) is 0 Å². The van der Waals surface area contributed by atoms with Crippen molar-refractivity contribution < 1.29 is 17.9 Å². The summed E-state index contributed by atoms with van der Waals surface area (Å²) in [6.45, 7) is 0.191. The number of nitrogens with zero attached hydrogens (tertiary/aromatic N) is 2. The number of ether oxygens (including phenoxy) is 1. The van der Waals surface area contributed by atoms with Gasteiger partial charge in [-0.2, -0.15) is 13.2 Å². The molecule has 0 bridgehead atoms. The minimum Gasteiger partial charge on any atom is -0.382 e. The number of halogens is 3. The molecule has 0 aliphatic heterocycles. The van der Waals surface area contributed by atoms with Crippen LogP contribution in [0.2, 0.25) is 0 Å². The molecule has 16 heavy (non-hydrogen) atoms. The molecule has 1 aromatic rings.